The molecule has 1 aromatic heterocycles. The van der Waals surface area contributed by atoms with Crippen molar-refractivity contribution in [2.24, 2.45) is 7.05 Å². The second-order valence-electron chi connectivity index (χ2n) is 4.36. The average molecular weight is 283 g/mol. The first-order chi connectivity index (χ1) is 8.99. The average Bonchev–Trinajstić information content (AvgIpc) is 2.61. The SMILES string of the molecule is Cc1nn(C)c(Cl)c1C=CC(=O)N1CCNC(=O)C1. The maximum absolute atomic E-state index is 11.9. The predicted octanol–water partition coefficient (Wildman–Crippen LogP) is 0.354. The summed E-state index contributed by atoms with van der Waals surface area (Å²) in [5, 5.41) is 7.31. The first-order valence-electron chi connectivity index (χ1n) is 5.92. The largest absolute Gasteiger partial charge is 0.353 e. The van der Waals surface area contributed by atoms with Crippen LogP contribution in [0, 0.1) is 6.92 Å². The molecule has 0 radical (unpaired) electrons. The Morgan fingerprint density at radius 1 is 1.53 bits per heavy atom. The molecule has 1 saturated heterocycles. The molecule has 0 aromatic carbocycles. The second-order valence-corrected chi connectivity index (χ2v) is 4.71. The van der Waals surface area contributed by atoms with Crippen LogP contribution < -0.4 is 5.32 Å². The standard InChI is InChI=1S/C12H15ClN4O2/c1-8-9(12(13)16(2)15-8)3-4-11(19)17-6-5-14-10(18)7-17/h3-4H,5-7H2,1-2H3,(H,14,18). The van der Waals surface area contributed by atoms with Crippen molar-refractivity contribution in [1.29, 1.82) is 0 Å². The van der Waals surface area contributed by atoms with Crippen LogP contribution in [0.2, 0.25) is 5.15 Å². The van der Waals surface area contributed by atoms with Crippen LogP contribution in [0.5, 0.6) is 0 Å². The third-order valence-corrected chi connectivity index (χ3v) is 3.39. The first-order valence-corrected chi connectivity index (χ1v) is 6.29. The number of piperazine rings is 1. The van der Waals surface area contributed by atoms with Crippen LogP contribution in [0.25, 0.3) is 6.08 Å². The summed E-state index contributed by atoms with van der Waals surface area (Å²) in [6.45, 7) is 2.94. The van der Waals surface area contributed by atoms with E-state index in [1.165, 1.54) is 11.0 Å². The van der Waals surface area contributed by atoms with Gasteiger partial charge in [-0.1, -0.05) is 11.6 Å². The summed E-state index contributed by atoms with van der Waals surface area (Å²) in [6, 6.07) is 0. The Hall–Kier alpha value is -1.82. The van der Waals surface area contributed by atoms with Crippen LogP contribution in [0.15, 0.2) is 6.08 Å². The molecule has 2 heterocycles. The number of hydrogen-bond acceptors (Lipinski definition) is 3. The van der Waals surface area contributed by atoms with E-state index in [1.54, 1.807) is 17.8 Å². The van der Waals surface area contributed by atoms with E-state index in [4.69, 9.17) is 11.6 Å². The highest BCUT2D eigenvalue weighted by Gasteiger charge is 2.19. The van der Waals surface area contributed by atoms with E-state index >= 15 is 0 Å². The number of amides is 2. The maximum Gasteiger partial charge on any atom is 0.247 e. The number of aryl methyl sites for hydroxylation is 2. The summed E-state index contributed by atoms with van der Waals surface area (Å²) in [4.78, 5) is 24.6. The van der Waals surface area contributed by atoms with Gasteiger partial charge in [0.1, 0.15) is 5.15 Å². The van der Waals surface area contributed by atoms with Crippen LogP contribution in [0.4, 0.5) is 0 Å². The van der Waals surface area contributed by atoms with Crippen molar-refractivity contribution >= 4 is 29.5 Å². The topological polar surface area (TPSA) is 67.2 Å². The van der Waals surface area contributed by atoms with Crippen molar-refractivity contribution in [1.82, 2.24) is 20.0 Å². The number of nitrogens with zero attached hydrogens (tertiary/aromatic N) is 3. The lowest BCUT2D eigenvalue weighted by molar-refractivity contribution is -0.134. The van der Waals surface area contributed by atoms with Crippen LogP contribution in [-0.4, -0.2) is 46.1 Å². The van der Waals surface area contributed by atoms with Gasteiger partial charge in [-0.2, -0.15) is 5.10 Å². The highest BCUT2D eigenvalue weighted by molar-refractivity contribution is 6.31. The molecule has 0 unspecified atom stereocenters. The molecule has 1 aliphatic heterocycles. The van der Waals surface area contributed by atoms with Crippen molar-refractivity contribution in [3.63, 3.8) is 0 Å². The lowest BCUT2D eigenvalue weighted by Crippen LogP contribution is -2.49. The van der Waals surface area contributed by atoms with E-state index in [0.717, 1.165) is 11.3 Å². The molecule has 19 heavy (non-hydrogen) atoms. The maximum atomic E-state index is 11.9. The van der Waals surface area contributed by atoms with Crippen LogP contribution in [-0.2, 0) is 16.6 Å². The summed E-state index contributed by atoms with van der Waals surface area (Å²) >= 11 is 6.07. The van der Waals surface area contributed by atoms with Gasteiger partial charge in [0.15, 0.2) is 0 Å². The summed E-state index contributed by atoms with van der Waals surface area (Å²) < 4.78 is 1.55. The van der Waals surface area contributed by atoms with E-state index in [2.05, 4.69) is 10.4 Å². The highest BCUT2D eigenvalue weighted by atomic mass is 35.5. The minimum Gasteiger partial charge on any atom is -0.353 e. The van der Waals surface area contributed by atoms with Gasteiger partial charge in [0.25, 0.3) is 0 Å². The first kappa shape index (κ1) is 13.6. The van der Waals surface area contributed by atoms with E-state index < -0.39 is 0 Å². The Morgan fingerprint density at radius 2 is 2.26 bits per heavy atom. The molecule has 1 fully saturated rings. The van der Waals surface area contributed by atoms with Gasteiger partial charge < -0.3 is 10.2 Å². The molecule has 0 saturated carbocycles. The van der Waals surface area contributed by atoms with Crippen molar-refractivity contribution < 1.29 is 9.59 Å². The Labute approximate surface area is 116 Å². The monoisotopic (exact) mass is 282 g/mol. The molecule has 102 valence electrons. The predicted molar refractivity (Wildman–Crippen MR) is 71.6 cm³/mol. The summed E-state index contributed by atoms with van der Waals surface area (Å²) in [5.74, 6) is -0.335. The highest BCUT2D eigenvalue weighted by Crippen LogP contribution is 2.20. The zero-order valence-electron chi connectivity index (χ0n) is 10.8. The van der Waals surface area contributed by atoms with Gasteiger partial charge >= 0.3 is 0 Å². The van der Waals surface area contributed by atoms with Gasteiger partial charge in [-0.3, -0.25) is 14.3 Å². The third-order valence-electron chi connectivity index (χ3n) is 2.94. The molecular formula is C12H15ClN4O2. The minimum atomic E-state index is -0.200. The summed E-state index contributed by atoms with van der Waals surface area (Å²) in [7, 11) is 1.74. The molecule has 1 aromatic rings. The number of hydrogen-bond donors (Lipinski definition) is 1. The molecule has 7 heteroatoms. The van der Waals surface area contributed by atoms with Crippen LogP contribution >= 0.6 is 11.6 Å². The molecule has 1 N–H and O–H groups in total. The normalized spacial score (nSPS) is 15.9. The van der Waals surface area contributed by atoms with Crippen molar-refractivity contribution in [3.05, 3.63) is 22.5 Å². The Bertz CT molecular complexity index is 550. The van der Waals surface area contributed by atoms with E-state index in [0.29, 0.717) is 18.2 Å². The van der Waals surface area contributed by atoms with E-state index in [1.807, 2.05) is 6.92 Å². The molecular weight excluding hydrogens is 268 g/mol. The molecule has 0 aliphatic carbocycles. The van der Waals surface area contributed by atoms with Crippen LogP contribution in [0.1, 0.15) is 11.3 Å². The molecule has 0 atom stereocenters. The fourth-order valence-electron chi connectivity index (χ4n) is 1.92. The minimum absolute atomic E-state index is 0.100. The molecule has 0 bridgehead atoms. The number of aromatic nitrogens is 2. The van der Waals surface area contributed by atoms with Crippen molar-refractivity contribution in [3.8, 4) is 0 Å². The third kappa shape index (κ3) is 2.96. The van der Waals surface area contributed by atoms with E-state index in [9.17, 15) is 9.59 Å². The Kier molecular flexibility index (Phi) is 3.90. The number of nitrogens with one attached hydrogen (secondary N) is 1. The zero-order valence-corrected chi connectivity index (χ0v) is 11.6. The Morgan fingerprint density at radius 3 is 2.84 bits per heavy atom. The van der Waals surface area contributed by atoms with Crippen molar-refractivity contribution in [2.75, 3.05) is 19.6 Å². The fraction of sp³-hybridized carbons (Fsp3) is 0.417. The van der Waals surface area contributed by atoms with Gasteiger partial charge in [-0.05, 0) is 13.0 Å². The van der Waals surface area contributed by atoms with Gasteiger partial charge in [0, 0.05) is 31.8 Å². The molecule has 2 rings (SSSR count). The summed E-state index contributed by atoms with van der Waals surface area (Å²) in [6.07, 6.45) is 3.06. The fourth-order valence-corrected chi connectivity index (χ4v) is 2.16. The quantitative estimate of drug-likeness (QED) is 0.796. The second kappa shape index (κ2) is 5.44. The molecule has 6 nitrogen and oxygen atoms in total. The van der Waals surface area contributed by atoms with Gasteiger partial charge in [-0.25, -0.2) is 0 Å². The smallest absolute Gasteiger partial charge is 0.247 e. The van der Waals surface area contributed by atoms with Gasteiger partial charge in [0.2, 0.25) is 11.8 Å². The molecule has 1 aliphatic rings. The number of carbonyl (C=O) groups excluding carboxylic acids is 2. The van der Waals surface area contributed by atoms with E-state index in [-0.39, 0.29) is 18.4 Å². The van der Waals surface area contributed by atoms with Gasteiger partial charge in [0.05, 0.1) is 12.2 Å². The zero-order chi connectivity index (χ0) is 14.0. The number of rotatable bonds is 2. The number of carbonyl (C=O) groups is 2. The lowest BCUT2D eigenvalue weighted by Gasteiger charge is -2.25. The molecule has 0 spiro atoms. The Balaban J connectivity index is 2.09. The number of halogens is 1. The molecule has 2 amide bonds. The van der Waals surface area contributed by atoms with Crippen LogP contribution in [0.3, 0.4) is 0 Å². The van der Waals surface area contributed by atoms with Gasteiger partial charge in [-0.15, -0.1) is 0 Å². The lowest BCUT2D eigenvalue weighted by atomic mass is 10.2. The van der Waals surface area contributed by atoms with Crippen molar-refractivity contribution in [2.45, 2.75) is 6.92 Å². The summed E-state index contributed by atoms with van der Waals surface area (Å²) in [5.41, 5.74) is 1.48.